The van der Waals surface area contributed by atoms with Crippen molar-refractivity contribution in [1.29, 1.82) is 0 Å². The van der Waals surface area contributed by atoms with Crippen molar-refractivity contribution in [2.75, 3.05) is 5.32 Å². The van der Waals surface area contributed by atoms with E-state index in [0.29, 0.717) is 17.9 Å². The summed E-state index contributed by atoms with van der Waals surface area (Å²) < 4.78 is 5.26. The number of aromatic nitrogens is 1. The van der Waals surface area contributed by atoms with Gasteiger partial charge in [-0.25, -0.2) is 4.98 Å². The Morgan fingerprint density at radius 2 is 2.00 bits per heavy atom. The quantitative estimate of drug-likeness (QED) is 0.684. The minimum Gasteiger partial charge on any atom is -0.508 e. The third kappa shape index (κ3) is 2.97. The lowest BCUT2D eigenvalue weighted by Gasteiger charge is -2.09. The summed E-state index contributed by atoms with van der Waals surface area (Å²) >= 11 is 0. The van der Waals surface area contributed by atoms with E-state index < -0.39 is 0 Å². The smallest absolute Gasteiger partial charge is 0.181 e. The average molecular weight is 282 g/mol. The first-order valence-electron chi connectivity index (χ1n) is 6.46. The molecule has 0 amide bonds. The van der Waals surface area contributed by atoms with Crippen molar-refractivity contribution in [2.24, 2.45) is 0 Å². The van der Waals surface area contributed by atoms with Crippen LogP contribution in [0.5, 0.6) is 11.5 Å². The Balaban J connectivity index is 1.75. The van der Waals surface area contributed by atoms with Crippen LogP contribution in [0, 0.1) is 0 Å². The molecule has 5 nitrogen and oxygen atoms in total. The van der Waals surface area contributed by atoms with E-state index >= 15 is 0 Å². The van der Waals surface area contributed by atoms with Gasteiger partial charge in [0.1, 0.15) is 11.5 Å². The molecule has 3 rings (SSSR count). The zero-order valence-corrected chi connectivity index (χ0v) is 11.2. The number of hydrogen-bond acceptors (Lipinski definition) is 5. The van der Waals surface area contributed by atoms with E-state index in [1.54, 1.807) is 18.3 Å². The van der Waals surface area contributed by atoms with Gasteiger partial charge in [-0.3, -0.25) is 0 Å². The van der Waals surface area contributed by atoms with E-state index in [-0.39, 0.29) is 11.5 Å². The number of anilines is 1. The molecular weight excluding hydrogens is 268 g/mol. The third-order valence-electron chi connectivity index (χ3n) is 3.13. The van der Waals surface area contributed by atoms with Crippen molar-refractivity contribution in [1.82, 2.24) is 4.98 Å². The van der Waals surface area contributed by atoms with Crippen molar-refractivity contribution in [3.05, 3.63) is 60.6 Å². The Morgan fingerprint density at radius 3 is 2.76 bits per heavy atom. The molecule has 2 aromatic carbocycles. The number of nitrogens with zero attached hydrogens (tertiary/aromatic N) is 1. The molecule has 0 aliphatic rings. The Kier molecular flexibility index (Phi) is 3.47. The predicted molar refractivity (Wildman–Crippen MR) is 79.0 cm³/mol. The maximum Gasteiger partial charge on any atom is 0.181 e. The number of phenols is 2. The zero-order chi connectivity index (χ0) is 14.7. The number of benzene rings is 2. The molecule has 3 aromatic rings. The highest BCUT2D eigenvalue weighted by atomic mass is 16.3. The van der Waals surface area contributed by atoms with Gasteiger partial charge in [-0.1, -0.05) is 12.1 Å². The second-order valence-electron chi connectivity index (χ2n) is 4.61. The maximum atomic E-state index is 9.75. The van der Waals surface area contributed by atoms with Gasteiger partial charge in [0.05, 0.1) is 6.20 Å². The predicted octanol–water partition coefficient (Wildman–Crippen LogP) is 3.36. The fourth-order valence-corrected chi connectivity index (χ4v) is 2.04. The summed E-state index contributed by atoms with van der Waals surface area (Å²) in [5.41, 5.74) is 2.53. The zero-order valence-electron chi connectivity index (χ0n) is 11.2. The monoisotopic (exact) mass is 282 g/mol. The average Bonchev–Trinajstić information content (AvgIpc) is 3.01. The molecule has 0 radical (unpaired) electrons. The molecule has 0 saturated carbocycles. The highest BCUT2D eigenvalue weighted by molar-refractivity contribution is 5.63. The fraction of sp³-hybridized carbons (Fsp3) is 0.0625. The first kappa shape index (κ1) is 13.1. The van der Waals surface area contributed by atoms with Crippen LogP contribution in [0.25, 0.3) is 11.3 Å². The van der Waals surface area contributed by atoms with Gasteiger partial charge in [0, 0.05) is 29.4 Å². The fourth-order valence-electron chi connectivity index (χ4n) is 2.04. The van der Waals surface area contributed by atoms with E-state index in [1.807, 2.05) is 24.3 Å². The summed E-state index contributed by atoms with van der Waals surface area (Å²) in [4.78, 5) is 3.90. The van der Waals surface area contributed by atoms with Gasteiger partial charge in [0.2, 0.25) is 0 Å². The molecule has 0 unspecified atom stereocenters. The minimum atomic E-state index is 0.0450. The molecule has 5 heteroatoms. The molecule has 0 atom stereocenters. The van der Waals surface area contributed by atoms with Crippen LogP contribution in [-0.2, 0) is 6.54 Å². The van der Waals surface area contributed by atoms with Crippen LogP contribution in [0.4, 0.5) is 5.69 Å². The van der Waals surface area contributed by atoms with Gasteiger partial charge < -0.3 is 19.9 Å². The van der Waals surface area contributed by atoms with E-state index in [2.05, 4.69) is 10.3 Å². The molecule has 0 bridgehead atoms. The second-order valence-corrected chi connectivity index (χ2v) is 4.61. The van der Waals surface area contributed by atoms with Crippen LogP contribution in [0.2, 0.25) is 0 Å². The number of rotatable bonds is 4. The molecule has 0 saturated heterocycles. The summed E-state index contributed by atoms with van der Waals surface area (Å²) in [7, 11) is 0. The topological polar surface area (TPSA) is 78.5 Å². The summed E-state index contributed by atoms with van der Waals surface area (Å²) in [6, 6.07) is 12.3. The molecule has 0 aliphatic carbocycles. The lowest BCUT2D eigenvalue weighted by molar-refractivity contribution is 0.446. The molecular formula is C16H14N2O3. The molecule has 21 heavy (non-hydrogen) atoms. The second kappa shape index (κ2) is 5.58. The van der Waals surface area contributed by atoms with Crippen molar-refractivity contribution in [3.63, 3.8) is 0 Å². The largest absolute Gasteiger partial charge is 0.508 e. The van der Waals surface area contributed by atoms with Crippen LogP contribution in [0.15, 0.2) is 59.5 Å². The Morgan fingerprint density at radius 1 is 1.10 bits per heavy atom. The standard InChI is InChI=1S/C16H14N2O3/c19-14-5-4-12(15(20)7-14)8-18-13-3-1-2-11(6-13)16-9-17-10-21-16/h1-7,9-10,18-20H,8H2. The Bertz CT molecular complexity index is 739. The number of nitrogens with one attached hydrogen (secondary N) is 1. The van der Waals surface area contributed by atoms with Crippen molar-refractivity contribution in [2.45, 2.75) is 6.54 Å². The molecule has 106 valence electrons. The Labute approximate surface area is 121 Å². The SMILES string of the molecule is Oc1ccc(CNc2cccc(-c3cnco3)c2)c(O)c1. The molecule has 0 fully saturated rings. The van der Waals surface area contributed by atoms with Gasteiger partial charge in [-0.15, -0.1) is 0 Å². The molecule has 0 aliphatic heterocycles. The van der Waals surface area contributed by atoms with Crippen molar-refractivity contribution in [3.8, 4) is 22.8 Å². The number of oxazole rings is 1. The molecule has 3 N–H and O–H groups in total. The lowest BCUT2D eigenvalue weighted by atomic mass is 10.1. The van der Waals surface area contributed by atoms with Gasteiger partial charge in [-0.05, 0) is 24.3 Å². The van der Waals surface area contributed by atoms with Gasteiger partial charge in [0.15, 0.2) is 12.2 Å². The van der Waals surface area contributed by atoms with Crippen molar-refractivity contribution < 1.29 is 14.6 Å². The summed E-state index contributed by atoms with van der Waals surface area (Å²) in [5, 5.41) is 22.2. The van der Waals surface area contributed by atoms with Crippen LogP contribution in [-0.4, -0.2) is 15.2 Å². The lowest BCUT2D eigenvalue weighted by Crippen LogP contribution is -1.99. The van der Waals surface area contributed by atoms with Gasteiger partial charge in [0.25, 0.3) is 0 Å². The van der Waals surface area contributed by atoms with Crippen molar-refractivity contribution >= 4 is 5.69 Å². The highest BCUT2D eigenvalue weighted by Crippen LogP contribution is 2.25. The number of hydrogen-bond donors (Lipinski definition) is 3. The maximum absolute atomic E-state index is 9.75. The van der Waals surface area contributed by atoms with E-state index in [1.165, 1.54) is 12.5 Å². The summed E-state index contributed by atoms with van der Waals surface area (Å²) in [6.45, 7) is 0.450. The van der Waals surface area contributed by atoms with Crippen LogP contribution >= 0.6 is 0 Å². The van der Waals surface area contributed by atoms with E-state index in [9.17, 15) is 10.2 Å². The summed E-state index contributed by atoms with van der Waals surface area (Å²) in [5.74, 6) is 0.809. The van der Waals surface area contributed by atoms with Gasteiger partial charge in [-0.2, -0.15) is 0 Å². The highest BCUT2D eigenvalue weighted by Gasteiger charge is 2.04. The van der Waals surface area contributed by atoms with Crippen LogP contribution in [0.3, 0.4) is 0 Å². The number of phenolic OH excluding ortho intramolecular Hbond substituents is 2. The normalized spacial score (nSPS) is 10.5. The number of aromatic hydroxyl groups is 2. The van der Waals surface area contributed by atoms with E-state index in [0.717, 1.165) is 11.3 Å². The van der Waals surface area contributed by atoms with Gasteiger partial charge >= 0.3 is 0 Å². The van der Waals surface area contributed by atoms with Crippen LogP contribution < -0.4 is 5.32 Å². The third-order valence-corrected chi connectivity index (χ3v) is 3.13. The molecule has 1 heterocycles. The first-order chi connectivity index (χ1) is 10.2. The minimum absolute atomic E-state index is 0.0450. The van der Waals surface area contributed by atoms with Crippen LogP contribution in [0.1, 0.15) is 5.56 Å². The first-order valence-corrected chi connectivity index (χ1v) is 6.46. The molecule has 1 aromatic heterocycles. The van der Waals surface area contributed by atoms with E-state index in [4.69, 9.17) is 4.42 Å². The Hall–Kier alpha value is -2.95. The summed E-state index contributed by atoms with van der Waals surface area (Å²) in [6.07, 6.45) is 3.05. The molecule has 0 spiro atoms.